The number of rotatable bonds is 10. The van der Waals surface area contributed by atoms with E-state index in [-0.39, 0.29) is 23.8 Å². The third-order valence-electron chi connectivity index (χ3n) is 4.33. The first-order valence-corrected chi connectivity index (χ1v) is 9.02. The third-order valence-corrected chi connectivity index (χ3v) is 4.33. The van der Waals surface area contributed by atoms with E-state index in [4.69, 9.17) is 9.47 Å². The highest BCUT2D eigenvalue weighted by Crippen LogP contribution is 2.30. The van der Waals surface area contributed by atoms with Crippen molar-refractivity contribution in [1.29, 1.82) is 0 Å². The molecule has 1 fully saturated rings. The predicted molar refractivity (Wildman–Crippen MR) is 86.4 cm³/mol. The summed E-state index contributed by atoms with van der Waals surface area (Å²) in [6, 6.07) is 0. The van der Waals surface area contributed by atoms with Crippen molar-refractivity contribution < 1.29 is 19.1 Å². The Morgan fingerprint density at radius 2 is 1.36 bits per heavy atom. The number of hydrogen-bond donors (Lipinski definition) is 0. The van der Waals surface area contributed by atoms with E-state index in [9.17, 15) is 9.59 Å². The van der Waals surface area contributed by atoms with Gasteiger partial charge in [0.15, 0.2) is 0 Å². The van der Waals surface area contributed by atoms with E-state index in [1.165, 1.54) is 12.8 Å². The summed E-state index contributed by atoms with van der Waals surface area (Å²) in [6.45, 7) is 5.24. The van der Waals surface area contributed by atoms with Crippen molar-refractivity contribution in [2.75, 3.05) is 13.2 Å². The van der Waals surface area contributed by atoms with Gasteiger partial charge in [0.05, 0.1) is 25.0 Å². The van der Waals surface area contributed by atoms with Crippen molar-refractivity contribution in [3.05, 3.63) is 0 Å². The van der Waals surface area contributed by atoms with E-state index in [2.05, 4.69) is 13.8 Å². The van der Waals surface area contributed by atoms with E-state index in [0.29, 0.717) is 19.6 Å². The summed E-state index contributed by atoms with van der Waals surface area (Å²) in [4.78, 5) is 24.1. The average Bonchev–Trinajstić information content (AvgIpc) is 2.54. The fraction of sp³-hybridized carbons (Fsp3) is 0.889. The molecule has 0 radical (unpaired) electrons. The second-order valence-corrected chi connectivity index (χ2v) is 6.31. The van der Waals surface area contributed by atoms with E-state index in [0.717, 1.165) is 44.9 Å². The Morgan fingerprint density at radius 1 is 0.818 bits per heavy atom. The highest BCUT2D eigenvalue weighted by Gasteiger charge is 2.32. The standard InChI is InChI=1S/C18H32O4/c1-3-5-7-8-13-22-18(20)16-11-9-10-15(14-16)17(19)21-12-6-4-2/h15-16H,3-14H2,1-2H3. The molecular weight excluding hydrogens is 280 g/mol. The summed E-state index contributed by atoms with van der Waals surface area (Å²) >= 11 is 0. The van der Waals surface area contributed by atoms with Crippen molar-refractivity contribution >= 4 is 11.9 Å². The molecule has 0 aliphatic heterocycles. The van der Waals surface area contributed by atoms with Crippen LogP contribution in [0.4, 0.5) is 0 Å². The molecule has 128 valence electrons. The van der Waals surface area contributed by atoms with Gasteiger partial charge in [-0.05, 0) is 32.1 Å². The molecule has 0 aromatic rings. The maximum Gasteiger partial charge on any atom is 0.308 e. The minimum atomic E-state index is -0.131. The quantitative estimate of drug-likeness (QED) is 0.447. The zero-order chi connectivity index (χ0) is 16.2. The molecule has 0 aromatic heterocycles. The second-order valence-electron chi connectivity index (χ2n) is 6.31. The highest BCUT2D eigenvalue weighted by atomic mass is 16.5. The van der Waals surface area contributed by atoms with Gasteiger partial charge >= 0.3 is 11.9 Å². The topological polar surface area (TPSA) is 52.6 Å². The molecule has 1 aliphatic carbocycles. The minimum absolute atomic E-state index is 0.122. The summed E-state index contributed by atoms with van der Waals surface area (Å²) in [6.07, 6.45) is 9.52. The van der Waals surface area contributed by atoms with Gasteiger partial charge in [-0.2, -0.15) is 0 Å². The monoisotopic (exact) mass is 312 g/mol. The number of carbonyl (C=O) groups is 2. The van der Waals surface area contributed by atoms with Gasteiger partial charge in [-0.15, -0.1) is 0 Å². The van der Waals surface area contributed by atoms with Gasteiger partial charge in [0.1, 0.15) is 0 Å². The SMILES string of the molecule is CCCCCCOC(=O)C1CCCC(C(=O)OCCCC)C1. The third kappa shape index (κ3) is 7.28. The molecule has 1 rings (SSSR count). The van der Waals surface area contributed by atoms with Crippen molar-refractivity contribution in [3.8, 4) is 0 Å². The first-order valence-electron chi connectivity index (χ1n) is 9.02. The van der Waals surface area contributed by atoms with Crippen LogP contribution in [0.1, 0.15) is 78.1 Å². The van der Waals surface area contributed by atoms with Crippen molar-refractivity contribution in [3.63, 3.8) is 0 Å². The van der Waals surface area contributed by atoms with Crippen molar-refractivity contribution in [2.45, 2.75) is 78.1 Å². The van der Waals surface area contributed by atoms with Crippen LogP contribution in [0.2, 0.25) is 0 Å². The number of esters is 2. The molecule has 2 unspecified atom stereocenters. The highest BCUT2D eigenvalue weighted by molar-refractivity contribution is 5.76. The van der Waals surface area contributed by atoms with Gasteiger partial charge < -0.3 is 9.47 Å². The molecular formula is C18H32O4. The van der Waals surface area contributed by atoms with Crippen LogP contribution < -0.4 is 0 Å². The largest absolute Gasteiger partial charge is 0.465 e. The van der Waals surface area contributed by atoms with Gasteiger partial charge in [0.2, 0.25) is 0 Å². The summed E-state index contributed by atoms with van der Waals surface area (Å²) in [5.74, 6) is -0.497. The van der Waals surface area contributed by atoms with Crippen LogP contribution in [0.25, 0.3) is 0 Å². The number of carbonyl (C=O) groups excluding carboxylic acids is 2. The Labute approximate surface area is 134 Å². The van der Waals surface area contributed by atoms with Gasteiger partial charge in [-0.25, -0.2) is 0 Å². The molecule has 0 aromatic carbocycles. The normalized spacial score (nSPS) is 21.4. The fourth-order valence-electron chi connectivity index (χ4n) is 2.87. The lowest BCUT2D eigenvalue weighted by molar-refractivity contribution is -0.155. The van der Waals surface area contributed by atoms with Crippen LogP contribution in [0.3, 0.4) is 0 Å². The molecule has 4 nitrogen and oxygen atoms in total. The minimum Gasteiger partial charge on any atom is -0.465 e. The van der Waals surface area contributed by atoms with Crippen LogP contribution in [-0.4, -0.2) is 25.2 Å². The molecule has 1 aliphatic rings. The lowest BCUT2D eigenvalue weighted by atomic mass is 9.81. The van der Waals surface area contributed by atoms with Crippen LogP contribution >= 0.6 is 0 Å². The smallest absolute Gasteiger partial charge is 0.308 e. The Bertz CT molecular complexity index is 327. The summed E-state index contributed by atoms with van der Waals surface area (Å²) < 4.78 is 10.6. The van der Waals surface area contributed by atoms with E-state index in [1.807, 2.05) is 0 Å². The molecule has 0 amide bonds. The maximum absolute atomic E-state index is 12.1. The summed E-state index contributed by atoms with van der Waals surface area (Å²) in [7, 11) is 0. The molecule has 22 heavy (non-hydrogen) atoms. The zero-order valence-corrected chi connectivity index (χ0v) is 14.3. The molecule has 0 saturated heterocycles. The number of ether oxygens (including phenoxy) is 2. The molecule has 0 bridgehead atoms. The molecule has 0 spiro atoms. The van der Waals surface area contributed by atoms with E-state index < -0.39 is 0 Å². The number of hydrogen-bond acceptors (Lipinski definition) is 4. The first kappa shape index (κ1) is 19.0. The lowest BCUT2D eigenvalue weighted by Gasteiger charge is -2.26. The Morgan fingerprint density at radius 3 is 1.91 bits per heavy atom. The molecule has 1 saturated carbocycles. The molecule has 4 heteroatoms. The average molecular weight is 312 g/mol. The second kappa shape index (κ2) is 11.5. The van der Waals surface area contributed by atoms with E-state index in [1.54, 1.807) is 0 Å². The van der Waals surface area contributed by atoms with Crippen LogP contribution in [0, 0.1) is 11.8 Å². The fourth-order valence-corrected chi connectivity index (χ4v) is 2.87. The zero-order valence-electron chi connectivity index (χ0n) is 14.3. The molecule has 0 heterocycles. The van der Waals surface area contributed by atoms with Gasteiger partial charge in [0, 0.05) is 0 Å². The van der Waals surface area contributed by atoms with Crippen LogP contribution in [0.5, 0.6) is 0 Å². The lowest BCUT2D eigenvalue weighted by Crippen LogP contribution is -2.30. The summed E-state index contributed by atoms with van der Waals surface area (Å²) in [5, 5.41) is 0. The molecule has 2 atom stereocenters. The Hall–Kier alpha value is -1.06. The van der Waals surface area contributed by atoms with Gasteiger partial charge in [0.25, 0.3) is 0 Å². The predicted octanol–water partition coefficient (Wildman–Crippen LogP) is 4.26. The van der Waals surface area contributed by atoms with Crippen LogP contribution in [-0.2, 0) is 19.1 Å². The Kier molecular flexibility index (Phi) is 9.93. The van der Waals surface area contributed by atoms with Gasteiger partial charge in [-0.1, -0.05) is 46.0 Å². The number of unbranched alkanes of at least 4 members (excludes halogenated alkanes) is 4. The van der Waals surface area contributed by atoms with Crippen LogP contribution in [0.15, 0.2) is 0 Å². The summed E-state index contributed by atoms with van der Waals surface area (Å²) in [5.41, 5.74) is 0. The van der Waals surface area contributed by atoms with Crippen molar-refractivity contribution in [2.24, 2.45) is 11.8 Å². The van der Waals surface area contributed by atoms with E-state index >= 15 is 0 Å². The Balaban J connectivity index is 2.26. The van der Waals surface area contributed by atoms with Crippen molar-refractivity contribution in [1.82, 2.24) is 0 Å². The first-order chi connectivity index (χ1) is 10.7. The van der Waals surface area contributed by atoms with Gasteiger partial charge in [-0.3, -0.25) is 9.59 Å². The molecule has 0 N–H and O–H groups in total. The maximum atomic E-state index is 12.1.